The Morgan fingerprint density at radius 3 is 1.70 bits per heavy atom. The topological polar surface area (TPSA) is 309 Å². The zero-order valence-electron chi connectivity index (χ0n) is 36.9. The highest BCUT2D eigenvalue weighted by Crippen LogP contribution is 2.33. The summed E-state index contributed by atoms with van der Waals surface area (Å²) in [5.74, 6) is -0.858. The van der Waals surface area contributed by atoms with E-state index < -0.39 is 75.6 Å². The number of nitro benzene ring substituents is 3. The minimum absolute atomic E-state index is 0.0123. The first-order valence-electron chi connectivity index (χ1n) is 20.9. The quantitative estimate of drug-likeness (QED) is 0.0378. The van der Waals surface area contributed by atoms with Crippen LogP contribution in [0.1, 0.15) is 35.6 Å². The molecule has 2 heterocycles. The largest absolute Gasteiger partial charge is 0.497 e. The Labute approximate surface area is 396 Å². The van der Waals surface area contributed by atoms with Crippen LogP contribution in [0.15, 0.2) is 97.1 Å². The van der Waals surface area contributed by atoms with E-state index in [0.717, 1.165) is 5.56 Å². The predicted molar refractivity (Wildman–Crippen MR) is 244 cm³/mol. The number of amides is 5. The van der Waals surface area contributed by atoms with Gasteiger partial charge in [-0.05, 0) is 84.1 Å². The van der Waals surface area contributed by atoms with Crippen molar-refractivity contribution in [3.63, 3.8) is 0 Å². The molecule has 25 heteroatoms. The van der Waals surface area contributed by atoms with Gasteiger partial charge in [0.1, 0.15) is 37.7 Å². The Morgan fingerprint density at radius 2 is 1.20 bits per heavy atom. The number of rotatable bonds is 17. The second kappa shape index (κ2) is 22.9. The number of thioether (sulfide) groups is 1. The van der Waals surface area contributed by atoms with E-state index in [4.69, 9.17) is 24.4 Å². The average molecular weight is 972 g/mol. The number of ether oxygens (including phenoxy) is 4. The fourth-order valence-corrected chi connectivity index (χ4v) is 8.26. The van der Waals surface area contributed by atoms with Crippen LogP contribution < -0.4 is 15.4 Å². The minimum atomic E-state index is -1.51. The molecule has 24 nitrogen and oxygen atoms in total. The summed E-state index contributed by atoms with van der Waals surface area (Å²) in [6.45, 7) is 0.443. The lowest BCUT2D eigenvalue weighted by molar-refractivity contribution is -0.385. The molecule has 6 rings (SSSR count). The van der Waals surface area contributed by atoms with Crippen LogP contribution in [-0.4, -0.2) is 116 Å². The lowest BCUT2D eigenvalue weighted by atomic mass is 10.1. The number of hydrogen-bond acceptors (Lipinski definition) is 17. The molecule has 3 N–H and O–H groups in total. The number of benzene rings is 4. The van der Waals surface area contributed by atoms with Gasteiger partial charge in [-0.15, -0.1) is 0 Å². The highest BCUT2D eigenvalue weighted by molar-refractivity contribution is 7.99. The normalized spacial score (nSPS) is 15.7. The van der Waals surface area contributed by atoms with Gasteiger partial charge in [-0.1, -0.05) is 12.1 Å². The number of nitrogens with zero attached hydrogens (tertiary/aromatic N) is 6. The van der Waals surface area contributed by atoms with E-state index in [1.807, 2.05) is 24.3 Å². The Hall–Kier alpha value is -8.35. The summed E-state index contributed by atoms with van der Waals surface area (Å²) in [4.78, 5) is 102. The third kappa shape index (κ3) is 13.4. The molecule has 2 aliphatic rings. The lowest BCUT2D eigenvalue weighted by Crippen LogP contribution is -2.66. The Bertz CT molecular complexity index is 2560. The molecule has 0 bridgehead atoms. The van der Waals surface area contributed by atoms with Crippen LogP contribution in [0, 0.1) is 35.8 Å². The van der Waals surface area contributed by atoms with Gasteiger partial charge in [0.05, 0.1) is 27.9 Å². The fourth-order valence-electron chi connectivity index (χ4n) is 7.06. The van der Waals surface area contributed by atoms with E-state index in [9.17, 15) is 54.3 Å². The van der Waals surface area contributed by atoms with Crippen molar-refractivity contribution in [2.24, 2.45) is 0 Å². The van der Waals surface area contributed by atoms with Crippen molar-refractivity contribution in [2.75, 3.05) is 26.7 Å². The third-order valence-corrected chi connectivity index (χ3v) is 12.2. The van der Waals surface area contributed by atoms with E-state index in [1.165, 1.54) is 89.5 Å². The van der Waals surface area contributed by atoms with Crippen molar-refractivity contribution in [3.8, 4) is 5.75 Å². The van der Waals surface area contributed by atoms with Crippen molar-refractivity contribution in [2.45, 2.75) is 62.3 Å². The second-order valence-electron chi connectivity index (χ2n) is 15.6. The second-order valence-corrected chi connectivity index (χ2v) is 16.9. The van der Waals surface area contributed by atoms with Crippen molar-refractivity contribution in [3.05, 3.63) is 150 Å². The Morgan fingerprint density at radius 1 is 0.725 bits per heavy atom. The van der Waals surface area contributed by atoms with E-state index in [-0.39, 0.29) is 55.2 Å². The van der Waals surface area contributed by atoms with Crippen molar-refractivity contribution in [1.29, 1.82) is 5.41 Å². The molecule has 0 radical (unpaired) electrons. The van der Waals surface area contributed by atoms with Gasteiger partial charge in [-0.25, -0.2) is 19.3 Å². The number of alkyl carbamates (subject to hydrolysis) is 1. The zero-order valence-corrected chi connectivity index (χ0v) is 37.7. The van der Waals surface area contributed by atoms with Crippen molar-refractivity contribution in [1.82, 2.24) is 25.3 Å². The summed E-state index contributed by atoms with van der Waals surface area (Å²) in [7, 11) is 1.57. The molecule has 69 heavy (non-hydrogen) atoms. The zero-order chi connectivity index (χ0) is 49.8. The monoisotopic (exact) mass is 971 g/mol. The number of likely N-dealkylation sites (tertiary alicyclic amines) is 2. The van der Waals surface area contributed by atoms with Gasteiger partial charge >= 0.3 is 18.3 Å². The third-order valence-electron chi connectivity index (χ3n) is 10.9. The molecule has 2 aliphatic heterocycles. The maximum absolute atomic E-state index is 14.1. The molecular formula is C44H45N9O15S. The van der Waals surface area contributed by atoms with Crippen molar-refractivity contribution < 1.29 is 57.7 Å². The summed E-state index contributed by atoms with van der Waals surface area (Å²) in [5.41, 5.74) is 1.66. The number of carbonyl (C=O) groups is 5. The molecule has 3 unspecified atom stereocenters. The van der Waals surface area contributed by atoms with E-state index in [2.05, 4.69) is 10.6 Å². The number of guanidine groups is 1. The Balaban J connectivity index is 1.08. The first-order chi connectivity index (χ1) is 33.0. The van der Waals surface area contributed by atoms with Gasteiger partial charge in [-0.2, -0.15) is 11.8 Å². The summed E-state index contributed by atoms with van der Waals surface area (Å²) in [6.07, 6.45) is -2.95. The number of nitro groups is 3. The maximum atomic E-state index is 14.1. The van der Waals surface area contributed by atoms with E-state index in [1.54, 1.807) is 18.9 Å². The molecule has 0 aromatic heterocycles. The van der Waals surface area contributed by atoms with Gasteiger partial charge < -0.3 is 29.2 Å². The van der Waals surface area contributed by atoms with Crippen LogP contribution in [0.5, 0.6) is 5.75 Å². The molecule has 0 spiro atoms. The highest BCUT2D eigenvalue weighted by atomic mass is 32.2. The number of methoxy groups -OCH3 is 1. The number of nitrogens with one attached hydrogen (secondary N) is 3. The molecule has 0 aliphatic carbocycles. The molecule has 3 atom stereocenters. The number of non-ortho nitro benzene ring substituents is 3. The van der Waals surface area contributed by atoms with Crippen LogP contribution in [-0.2, 0) is 49.4 Å². The van der Waals surface area contributed by atoms with Gasteiger partial charge in [0, 0.05) is 67.0 Å². The van der Waals surface area contributed by atoms with Crippen LogP contribution in [0.3, 0.4) is 0 Å². The summed E-state index contributed by atoms with van der Waals surface area (Å²) < 4.78 is 21.3. The Kier molecular flexibility index (Phi) is 16.6. The van der Waals surface area contributed by atoms with Crippen LogP contribution in [0.4, 0.5) is 31.4 Å². The SMILES string of the molecule is COc1ccc(CSC2CC(C(=O)N3CC(NC(=O)C(C)N(C(=N)NC(=O)OCc4ccc([N+](=O)[O-])cc4)C(=O)OCc4ccc([N+](=O)[O-])cc4)C3)N(C(=O)OCc3ccc([N+](=O)[O-])cc3)C2)cc1. The summed E-state index contributed by atoms with van der Waals surface area (Å²) in [5, 5.41) is 46.4. The lowest BCUT2D eigenvalue weighted by Gasteiger charge is -2.42. The van der Waals surface area contributed by atoms with E-state index >= 15 is 0 Å². The smallest absolute Gasteiger partial charge is 0.417 e. The molecular weight excluding hydrogens is 927 g/mol. The number of hydrogen-bond donors (Lipinski definition) is 3. The molecule has 5 amide bonds. The first-order valence-corrected chi connectivity index (χ1v) is 22.0. The summed E-state index contributed by atoms with van der Waals surface area (Å²) >= 11 is 1.56. The van der Waals surface area contributed by atoms with Gasteiger partial charge in [0.25, 0.3) is 17.1 Å². The highest BCUT2D eigenvalue weighted by Gasteiger charge is 2.45. The van der Waals surface area contributed by atoms with Crippen molar-refractivity contribution >= 4 is 64.9 Å². The molecule has 4 aromatic carbocycles. The van der Waals surface area contributed by atoms with E-state index in [0.29, 0.717) is 39.5 Å². The van der Waals surface area contributed by atoms with Crippen LogP contribution in [0.2, 0.25) is 0 Å². The predicted octanol–water partition coefficient (Wildman–Crippen LogP) is 5.65. The van der Waals surface area contributed by atoms with Gasteiger partial charge in [0.2, 0.25) is 17.8 Å². The number of carbonyl (C=O) groups excluding carboxylic acids is 5. The molecule has 4 aromatic rings. The summed E-state index contributed by atoms with van der Waals surface area (Å²) in [6, 6.07) is 20.1. The van der Waals surface area contributed by atoms with Gasteiger partial charge in [0.15, 0.2) is 0 Å². The fraction of sp³-hybridized carbons (Fsp3) is 0.318. The van der Waals surface area contributed by atoms with Gasteiger partial charge in [-0.3, -0.25) is 55.6 Å². The molecule has 362 valence electrons. The standard InChI is InChI=1S/C44H45N9O15S/c1-27(50(44(58)68-25-30-7-15-35(16-8-30)53(63)64)41(45)47-42(56)66-23-28-3-11-33(12-4-28)51(59)60)39(54)46-32-20-48(21-32)40(55)38-19-37(69-26-31-9-17-36(65-2)18-10-31)22-49(38)43(57)67-24-29-5-13-34(14-6-29)52(61)62/h3-18,27,32,37-38H,19-26H2,1-2H3,(H,46,54)(H2,45,47,56). The first kappa shape index (κ1) is 50.1. The molecule has 0 saturated carbocycles. The average Bonchev–Trinajstić information content (AvgIpc) is 3.77. The molecule has 2 fully saturated rings. The van der Waals surface area contributed by atoms with Crippen LogP contribution >= 0.6 is 11.8 Å². The maximum Gasteiger partial charge on any atom is 0.417 e. The van der Waals surface area contributed by atoms with Crippen LogP contribution in [0.25, 0.3) is 0 Å². The minimum Gasteiger partial charge on any atom is -0.497 e. The molecule has 2 saturated heterocycles.